The number of hydrogen-bond acceptors (Lipinski definition) is 6. The number of aliphatic hydroxyl groups is 2. The van der Waals surface area contributed by atoms with E-state index in [1.807, 2.05) is 26.0 Å². The van der Waals surface area contributed by atoms with Gasteiger partial charge in [0.1, 0.15) is 6.10 Å². The van der Waals surface area contributed by atoms with E-state index in [9.17, 15) is 28.2 Å². The molecule has 9 heteroatoms. The van der Waals surface area contributed by atoms with Crippen LogP contribution in [0, 0.1) is 11.8 Å². The molecule has 4 atom stereocenters. The molecule has 0 spiro atoms. The molecule has 0 saturated carbocycles. The summed E-state index contributed by atoms with van der Waals surface area (Å²) in [5, 5.41) is 19.6. The van der Waals surface area contributed by atoms with Crippen molar-refractivity contribution in [3.05, 3.63) is 70.3 Å². The van der Waals surface area contributed by atoms with Crippen LogP contribution in [0.3, 0.4) is 0 Å². The van der Waals surface area contributed by atoms with Gasteiger partial charge in [0.2, 0.25) is 0 Å². The van der Waals surface area contributed by atoms with Crippen molar-refractivity contribution in [2.24, 2.45) is 11.8 Å². The fourth-order valence-corrected chi connectivity index (χ4v) is 6.11. The third-order valence-electron chi connectivity index (χ3n) is 7.93. The first-order valence-electron chi connectivity index (χ1n) is 13.0. The average Bonchev–Trinajstić information content (AvgIpc) is 2.88. The number of carbonyl (C=O) groups excluding carboxylic acids is 1. The van der Waals surface area contributed by atoms with E-state index in [2.05, 4.69) is 4.90 Å². The molecule has 38 heavy (non-hydrogen) atoms. The summed E-state index contributed by atoms with van der Waals surface area (Å²) in [5.41, 5.74) is -0.299. The van der Waals surface area contributed by atoms with Crippen LogP contribution in [0.15, 0.2) is 42.5 Å². The van der Waals surface area contributed by atoms with Crippen LogP contribution in [-0.4, -0.2) is 53.6 Å². The monoisotopic (exact) mass is 535 g/mol. The van der Waals surface area contributed by atoms with E-state index in [1.54, 1.807) is 6.07 Å². The van der Waals surface area contributed by atoms with Gasteiger partial charge in [-0.25, -0.2) is 4.79 Å². The van der Waals surface area contributed by atoms with Gasteiger partial charge in [-0.2, -0.15) is 13.2 Å². The third kappa shape index (κ3) is 5.21. The second kappa shape index (κ2) is 11.3. The molecule has 2 aliphatic rings. The second-order valence-corrected chi connectivity index (χ2v) is 10.7. The highest BCUT2D eigenvalue weighted by Crippen LogP contribution is 2.46. The van der Waals surface area contributed by atoms with Gasteiger partial charge < -0.3 is 19.7 Å². The molecule has 2 N–H and O–H groups in total. The zero-order valence-corrected chi connectivity index (χ0v) is 22.0. The summed E-state index contributed by atoms with van der Waals surface area (Å²) < 4.78 is 54.3. The van der Waals surface area contributed by atoms with Gasteiger partial charge in [-0.1, -0.05) is 56.3 Å². The summed E-state index contributed by atoms with van der Waals surface area (Å²) in [6, 6.07) is 10.5. The molecule has 208 valence electrons. The van der Waals surface area contributed by atoms with E-state index >= 15 is 0 Å². The first kappa shape index (κ1) is 28.5. The molecule has 0 aromatic heterocycles. The predicted octanol–water partition coefficient (Wildman–Crippen LogP) is 4.65. The standard InChI is InChI=1S/C29H36F3NO5/c1-18(2)11-20-15-33-10-9-19-12-21(16-34)22(17-35)13-24(19)25(33)14-26(20)38-27(36)28(37-3,29(30,31)32)23-7-5-4-6-8-23/h4-8,12-13,18,20,25-26,34-35H,9-11,14-17H2,1-3H3/t20-,25+,26+,28?/m1/s1. The number of halogens is 3. The lowest BCUT2D eigenvalue weighted by Crippen LogP contribution is -2.55. The summed E-state index contributed by atoms with van der Waals surface area (Å²) in [7, 11) is 0.877. The van der Waals surface area contributed by atoms with Gasteiger partial charge in [0, 0.05) is 44.1 Å². The lowest BCUT2D eigenvalue weighted by Gasteiger charge is -2.48. The van der Waals surface area contributed by atoms with E-state index in [0.29, 0.717) is 30.5 Å². The molecule has 1 fully saturated rings. The molecule has 2 aromatic carbocycles. The zero-order chi connectivity index (χ0) is 27.7. The van der Waals surface area contributed by atoms with E-state index in [0.717, 1.165) is 31.2 Å². The van der Waals surface area contributed by atoms with Gasteiger partial charge in [0.25, 0.3) is 5.60 Å². The Labute approximate surface area is 221 Å². The largest absolute Gasteiger partial charge is 0.459 e. The van der Waals surface area contributed by atoms with Crippen molar-refractivity contribution in [2.45, 2.75) is 70.2 Å². The molecular formula is C29H36F3NO5. The number of rotatable bonds is 8. The summed E-state index contributed by atoms with van der Waals surface area (Å²) in [6.45, 7) is 4.99. The predicted molar refractivity (Wildman–Crippen MR) is 135 cm³/mol. The van der Waals surface area contributed by atoms with E-state index in [1.165, 1.54) is 24.3 Å². The van der Waals surface area contributed by atoms with Gasteiger partial charge in [-0.15, -0.1) is 0 Å². The molecule has 0 aliphatic carbocycles. The highest BCUT2D eigenvalue weighted by atomic mass is 19.4. The second-order valence-electron chi connectivity index (χ2n) is 10.7. The third-order valence-corrected chi connectivity index (χ3v) is 7.93. The quantitative estimate of drug-likeness (QED) is 0.479. The van der Waals surface area contributed by atoms with Gasteiger partial charge in [0.15, 0.2) is 0 Å². The minimum absolute atomic E-state index is 0.149. The molecule has 0 amide bonds. The average molecular weight is 536 g/mol. The molecule has 0 bridgehead atoms. The number of piperidine rings is 1. The highest BCUT2D eigenvalue weighted by Gasteiger charge is 2.64. The van der Waals surface area contributed by atoms with Crippen molar-refractivity contribution >= 4 is 5.97 Å². The summed E-state index contributed by atoms with van der Waals surface area (Å²) >= 11 is 0. The minimum atomic E-state index is -5.04. The van der Waals surface area contributed by atoms with E-state index in [4.69, 9.17) is 9.47 Å². The van der Waals surface area contributed by atoms with Crippen LogP contribution in [0.4, 0.5) is 13.2 Å². The summed E-state index contributed by atoms with van der Waals surface area (Å²) in [6.07, 6.45) is -4.02. The van der Waals surface area contributed by atoms with Crippen molar-refractivity contribution < 1.29 is 37.7 Å². The van der Waals surface area contributed by atoms with E-state index < -0.39 is 23.9 Å². The zero-order valence-electron chi connectivity index (χ0n) is 22.0. The number of hydrogen-bond donors (Lipinski definition) is 2. The molecule has 0 radical (unpaired) electrons. The van der Waals surface area contributed by atoms with Crippen molar-refractivity contribution in [3.8, 4) is 0 Å². The maximum Gasteiger partial charge on any atom is 0.432 e. The number of fused-ring (bicyclic) bond motifs is 3. The first-order chi connectivity index (χ1) is 18.0. The smallest absolute Gasteiger partial charge is 0.432 e. The Kier molecular flexibility index (Phi) is 8.52. The Balaban J connectivity index is 1.70. The Bertz CT molecular complexity index is 1120. The lowest BCUT2D eigenvalue weighted by atomic mass is 9.78. The molecule has 1 unspecified atom stereocenters. The van der Waals surface area contributed by atoms with Crippen LogP contribution in [0.2, 0.25) is 0 Å². The number of ether oxygens (including phenoxy) is 2. The van der Waals surface area contributed by atoms with Crippen LogP contribution < -0.4 is 0 Å². The van der Waals surface area contributed by atoms with Crippen LogP contribution >= 0.6 is 0 Å². The number of nitrogens with zero attached hydrogens (tertiary/aromatic N) is 1. The number of benzene rings is 2. The SMILES string of the molecule is COC(C(=O)O[C@H]1C[C@H]2c3cc(CO)c(CO)cc3CCN2C[C@H]1CC(C)C)(c1ccccc1)C(F)(F)F. The fourth-order valence-electron chi connectivity index (χ4n) is 6.11. The van der Waals surface area contributed by atoms with Gasteiger partial charge in [-0.05, 0) is 41.0 Å². The van der Waals surface area contributed by atoms with Gasteiger partial charge in [-0.3, -0.25) is 4.90 Å². The molecule has 1 saturated heterocycles. The Hall–Kier alpha value is -2.46. The van der Waals surface area contributed by atoms with Crippen molar-refractivity contribution in [1.82, 2.24) is 4.90 Å². The minimum Gasteiger partial charge on any atom is -0.459 e. The maximum absolute atomic E-state index is 14.5. The molecule has 2 aliphatic heterocycles. The Morgan fingerprint density at radius 1 is 1.11 bits per heavy atom. The van der Waals surface area contributed by atoms with E-state index in [-0.39, 0.29) is 36.7 Å². The molecular weight excluding hydrogens is 499 g/mol. The number of alkyl halides is 3. The number of esters is 1. The Morgan fingerprint density at radius 3 is 2.34 bits per heavy atom. The topological polar surface area (TPSA) is 79.2 Å². The molecule has 4 rings (SSSR count). The van der Waals surface area contributed by atoms with Gasteiger partial charge >= 0.3 is 12.1 Å². The van der Waals surface area contributed by atoms with Crippen molar-refractivity contribution in [3.63, 3.8) is 0 Å². The van der Waals surface area contributed by atoms with Crippen LogP contribution in [0.1, 0.15) is 60.5 Å². The van der Waals surface area contributed by atoms with Crippen LogP contribution in [0.25, 0.3) is 0 Å². The highest BCUT2D eigenvalue weighted by molar-refractivity contribution is 5.83. The lowest BCUT2D eigenvalue weighted by molar-refractivity contribution is -0.280. The normalized spacial score (nSPS) is 23.4. The van der Waals surface area contributed by atoms with Crippen molar-refractivity contribution in [1.29, 1.82) is 0 Å². The number of methoxy groups -OCH3 is 1. The van der Waals surface area contributed by atoms with Crippen LogP contribution in [0.5, 0.6) is 0 Å². The Morgan fingerprint density at radius 2 is 1.76 bits per heavy atom. The number of aliphatic hydroxyl groups excluding tert-OH is 2. The number of carbonyl (C=O) groups is 1. The summed E-state index contributed by atoms with van der Waals surface area (Å²) in [5.74, 6) is -1.36. The fraction of sp³-hybridized carbons (Fsp3) is 0.552. The first-order valence-corrected chi connectivity index (χ1v) is 13.0. The maximum atomic E-state index is 14.5. The van der Waals surface area contributed by atoms with Gasteiger partial charge in [0.05, 0.1) is 13.2 Å². The summed E-state index contributed by atoms with van der Waals surface area (Å²) in [4.78, 5) is 15.8. The van der Waals surface area contributed by atoms with Crippen molar-refractivity contribution in [2.75, 3.05) is 20.2 Å². The molecule has 6 nitrogen and oxygen atoms in total. The molecule has 2 heterocycles. The molecule has 2 aromatic rings. The van der Waals surface area contributed by atoms with Crippen LogP contribution in [-0.2, 0) is 39.5 Å².